The van der Waals surface area contributed by atoms with Crippen LogP contribution in [0.2, 0.25) is 0 Å². The molecule has 0 bridgehead atoms. The molecule has 0 aromatic heterocycles. The Morgan fingerprint density at radius 3 is 2.47 bits per heavy atom. The number of amides is 1. The minimum absolute atomic E-state index is 0.110. The van der Waals surface area contributed by atoms with Gasteiger partial charge in [-0.25, -0.2) is 0 Å². The minimum Gasteiger partial charge on any atom is -0.507 e. The molecule has 0 saturated carbocycles. The van der Waals surface area contributed by atoms with Gasteiger partial charge < -0.3 is 14.9 Å². The molecule has 2 aromatic rings. The number of rotatable bonds is 8. The van der Waals surface area contributed by atoms with Crippen LogP contribution in [0.5, 0.6) is 0 Å². The standard InChI is InChI=1S/C26H31BrN2O3/c1-5-28(6-2)13-8-14-29-23(19-9-7-10-20(27)16-19)22(25(31)26(29)32)24(30)21-15-17(3)11-12-18(21)4/h7,9-12,15-16,23,30H,5-6,8,13-14H2,1-4H3/b24-22+. The summed E-state index contributed by atoms with van der Waals surface area (Å²) >= 11 is 3.50. The van der Waals surface area contributed by atoms with E-state index in [1.165, 1.54) is 0 Å². The van der Waals surface area contributed by atoms with Gasteiger partial charge in [0.2, 0.25) is 0 Å². The Kier molecular flexibility index (Phi) is 7.91. The Labute approximate surface area is 198 Å². The van der Waals surface area contributed by atoms with Crippen molar-refractivity contribution in [3.8, 4) is 0 Å². The van der Waals surface area contributed by atoms with Crippen molar-refractivity contribution in [3.05, 3.63) is 74.8 Å². The highest BCUT2D eigenvalue weighted by molar-refractivity contribution is 9.10. The molecule has 3 rings (SSSR count). The highest BCUT2D eigenvalue weighted by Gasteiger charge is 2.46. The molecule has 0 spiro atoms. The highest BCUT2D eigenvalue weighted by Crippen LogP contribution is 2.40. The molecular formula is C26H31BrN2O3. The molecule has 32 heavy (non-hydrogen) atoms. The molecule has 1 N–H and O–H groups in total. The van der Waals surface area contributed by atoms with Crippen molar-refractivity contribution in [2.75, 3.05) is 26.2 Å². The molecule has 0 radical (unpaired) electrons. The zero-order valence-corrected chi connectivity index (χ0v) is 20.8. The van der Waals surface area contributed by atoms with Crippen LogP contribution in [0.25, 0.3) is 5.76 Å². The van der Waals surface area contributed by atoms with E-state index >= 15 is 0 Å². The largest absolute Gasteiger partial charge is 0.507 e. The second-order valence-electron chi connectivity index (χ2n) is 8.25. The monoisotopic (exact) mass is 498 g/mol. The van der Waals surface area contributed by atoms with E-state index in [2.05, 4.69) is 34.7 Å². The smallest absolute Gasteiger partial charge is 0.295 e. The van der Waals surface area contributed by atoms with Crippen LogP contribution in [-0.2, 0) is 9.59 Å². The van der Waals surface area contributed by atoms with Gasteiger partial charge in [0.25, 0.3) is 11.7 Å². The molecule has 6 heteroatoms. The summed E-state index contributed by atoms with van der Waals surface area (Å²) in [5.41, 5.74) is 3.38. The van der Waals surface area contributed by atoms with Crippen molar-refractivity contribution in [1.82, 2.24) is 9.80 Å². The number of carbonyl (C=O) groups excluding carboxylic acids is 2. The van der Waals surface area contributed by atoms with Crippen LogP contribution >= 0.6 is 15.9 Å². The Morgan fingerprint density at radius 1 is 1.09 bits per heavy atom. The average Bonchev–Trinajstić information content (AvgIpc) is 3.03. The van der Waals surface area contributed by atoms with E-state index in [0.29, 0.717) is 12.1 Å². The molecule has 1 aliphatic rings. The zero-order chi connectivity index (χ0) is 23.4. The van der Waals surface area contributed by atoms with E-state index in [9.17, 15) is 14.7 Å². The number of halogens is 1. The van der Waals surface area contributed by atoms with Crippen LogP contribution in [-0.4, -0.2) is 52.8 Å². The number of hydrogen-bond donors (Lipinski definition) is 1. The average molecular weight is 499 g/mol. The quantitative estimate of drug-likeness (QED) is 0.308. The van der Waals surface area contributed by atoms with Gasteiger partial charge in [-0.05, 0) is 69.2 Å². The molecule has 2 aromatic carbocycles. The summed E-state index contributed by atoms with van der Waals surface area (Å²) in [6.45, 7) is 11.2. The maximum atomic E-state index is 13.2. The number of hydrogen-bond acceptors (Lipinski definition) is 4. The molecule has 1 heterocycles. The van der Waals surface area contributed by atoms with Gasteiger partial charge >= 0.3 is 0 Å². The topological polar surface area (TPSA) is 60.9 Å². The lowest BCUT2D eigenvalue weighted by atomic mass is 9.93. The van der Waals surface area contributed by atoms with Crippen molar-refractivity contribution < 1.29 is 14.7 Å². The first-order chi connectivity index (χ1) is 15.3. The maximum Gasteiger partial charge on any atom is 0.295 e. The van der Waals surface area contributed by atoms with Gasteiger partial charge in [0.1, 0.15) is 5.76 Å². The lowest BCUT2D eigenvalue weighted by Gasteiger charge is -2.27. The van der Waals surface area contributed by atoms with Gasteiger partial charge in [-0.15, -0.1) is 0 Å². The normalized spacial score (nSPS) is 18.1. The summed E-state index contributed by atoms with van der Waals surface area (Å²) in [7, 11) is 0. The summed E-state index contributed by atoms with van der Waals surface area (Å²) in [5, 5.41) is 11.3. The van der Waals surface area contributed by atoms with E-state index in [4.69, 9.17) is 0 Å². The van der Waals surface area contributed by atoms with E-state index in [-0.39, 0.29) is 11.3 Å². The summed E-state index contributed by atoms with van der Waals surface area (Å²) in [4.78, 5) is 30.2. The molecule has 1 amide bonds. The first-order valence-electron chi connectivity index (χ1n) is 11.1. The molecule has 5 nitrogen and oxygen atoms in total. The number of aryl methyl sites for hydroxylation is 2. The van der Waals surface area contributed by atoms with Gasteiger partial charge in [-0.1, -0.05) is 59.6 Å². The van der Waals surface area contributed by atoms with Gasteiger partial charge in [0.05, 0.1) is 11.6 Å². The molecular weight excluding hydrogens is 468 g/mol. The molecule has 170 valence electrons. The SMILES string of the molecule is CCN(CC)CCCN1C(=O)C(=O)/C(=C(/O)c2cc(C)ccc2C)C1c1cccc(Br)c1. The molecule has 1 atom stereocenters. The van der Waals surface area contributed by atoms with Gasteiger partial charge in [0, 0.05) is 16.6 Å². The zero-order valence-electron chi connectivity index (χ0n) is 19.2. The second-order valence-corrected chi connectivity index (χ2v) is 9.16. The minimum atomic E-state index is -0.628. The number of benzene rings is 2. The number of Topliss-reactive ketones (excluding diaryl/α,β-unsaturated/α-hetero) is 1. The number of carbonyl (C=O) groups is 2. The van der Waals surface area contributed by atoms with Gasteiger partial charge in [-0.2, -0.15) is 0 Å². The fourth-order valence-corrected chi connectivity index (χ4v) is 4.69. The van der Waals surface area contributed by atoms with E-state index in [1.54, 1.807) is 4.90 Å². The van der Waals surface area contributed by atoms with E-state index in [0.717, 1.165) is 47.2 Å². The van der Waals surface area contributed by atoms with Crippen LogP contribution in [0.1, 0.15) is 48.6 Å². The molecule has 0 aliphatic carbocycles. The molecule has 1 unspecified atom stereocenters. The van der Waals surface area contributed by atoms with E-state index in [1.807, 2.05) is 56.3 Å². The third-order valence-electron chi connectivity index (χ3n) is 6.12. The van der Waals surface area contributed by atoms with Crippen molar-refractivity contribution >= 4 is 33.4 Å². The first kappa shape index (κ1) is 24.2. The molecule has 1 saturated heterocycles. The van der Waals surface area contributed by atoms with E-state index < -0.39 is 17.7 Å². The van der Waals surface area contributed by atoms with Crippen molar-refractivity contribution in [1.29, 1.82) is 0 Å². The number of ketones is 1. The molecule has 1 aliphatic heterocycles. The lowest BCUT2D eigenvalue weighted by Crippen LogP contribution is -2.33. The summed E-state index contributed by atoms with van der Waals surface area (Å²) in [6, 6.07) is 12.7. The Balaban J connectivity index is 2.08. The van der Waals surface area contributed by atoms with Crippen LogP contribution in [0, 0.1) is 13.8 Å². The maximum absolute atomic E-state index is 13.2. The summed E-state index contributed by atoms with van der Waals surface area (Å²) in [6.07, 6.45) is 0.753. The summed E-state index contributed by atoms with van der Waals surface area (Å²) < 4.78 is 0.857. The van der Waals surface area contributed by atoms with Crippen LogP contribution in [0.3, 0.4) is 0 Å². The third kappa shape index (κ3) is 4.97. The Morgan fingerprint density at radius 2 is 1.81 bits per heavy atom. The van der Waals surface area contributed by atoms with Crippen molar-refractivity contribution in [2.24, 2.45) is 0 Å². The number of likely N-dealkylation sites (tertiary alicyclic amines) is 1. The Bertz CT molecular complexity index is 1040. The predicted molar refractivity (Wildman–Crippen MR) is 131 cm³/mol. The van der Waals surface area contributed by atoms with Crippen LogP contribution < -0.4 is 0 Å². The molecule has 1 fully saturated rings. The lowest BCUT2D eigenvalue weighted by molar-refractivity contribution is -0.140. The van der Waals surface area contributed by atoms with Crippen LogP contribution in [0.15, 0.2) is 52.5 Å². The van der Waals surface area contributed by atoms with Gasteiger partial charge in [-0.3, -0.25) is 9.59 Å². The third-order valence-corrected chi connectivity index (χ3v) is 6.61. The summed E-state index contributed by atoms with van der Waals surface area (Å²) in [5.74, 6) is -1.29. The number of nitrogens with zero attached hydrogens (tertiary/aromatic N) is 2. The van der Waals surface area contributed by atoms with Crippen molar-refractivity contribution in [3.63, 3.8) is 0 Å². The van der Waals surface area contributed by atoms with Gasteiger partial charge in [0.15, 0.2) is 0 Å². The second kappa shape index (κ2) is 10.5. The Hall–Kier alpha value is -2.44. The van der Waals surface area contributed by atoms with Crippen molar-refractivity contribution in [2.45, 2.75) is 40.2 Å². The number of aliphatic hydroxyl groups excluding tert-OH is 1. The highest BCUT2D eigenvalue weighted by atomic mass is 79.9. The number of aliphatic hydroxyl groups is 1. The fraction of sp³-hybridized carbons (Fsp3) is 0.385. The first-order valence-corrected chi connectivity index (χ1v) is 11.9. The van der Waals surface area contributed by atoms with Crippen LogP contribution in [0.4, 0.5) is 0 Å². The predicted octanol–water partition coefficient (Wildman–Crippen LogP) is 5.22. The fourth-order valence-electron chi connectivity index (χ4n) is 4.27.